The molecule has 2 nitrogen and oxygen atoms in total. The van der Waals surface area contributed by atoms with Crippen molar-refractivity contribution in [1.82, 2.24) is 0 Å². The third kappa shape index (κ3) is 2.86. The Morgan fingerprint density at radius 1 is 1.33 bits per heavy atom. The SMILES string of the molecule is CC(CCN)CCc1ccc2c(c1)C(C)(C)CO2. The highest BCUT2D eigenvalue weighted by molar-refractivity contribution is 5.45. The summed E-state index contributed by atoms with van der Waals surface area (Å²) in [4.78, 5) is 0. The molecule has 0 aliphatic carbocycles. The van der Waals surface area contributed by atoms with Gasteiger partial charge in [-0.1, -0.05) is 32.9 Å². The van der Waals surface area contributed by atoms with Gasteiger partial charge in [0.25, 0.3) is 0 Å². The Bertz CT molecular complexity index is 412. The van der Waals surface area contributed by atoms with Crippen LogP contribution >= 0.6 is 0 Å². The van der Waals surface area contributed by atoms with Gasteiger partial charge in [-0.2, -0.15) is 0 Å². The Balaban J connectivity index is 2.03. The molecule has 18 heavy (non-hydrogen) atoms. The maximum atomic E-state index is 5.72. The Labute approximate surface area is 111 Å². The van der Waals surface area contributed by atoms with Gasteiger partial charge in [-0.05, 0) is 43.4 Å². The van der Waals surface area contributed by atoms with Crippen LogP contribution < -0.4 is 10.5 Å². The lowest BCUT2D eigenvalue weighted by Crippen LogP contribution is -2.18. The Morgan fingerprint density at radius 3 is 2.83 bits per heavy atom. The standard InChI is InChI=1S/C16H25NO/c1-12(8-9-17)4-5-13-6-7-15-14(10-13)16(2,3)11-18-15/h6-7,10,12H,4-5,8-9,11,17H2,1-3H3. The molecule has 2 heteroatoms. The largest absolute Gasteiger partial charge is 0.492 e. The zero-order chi connectivity index (χ0) is 13.2. The Hall–Kier alpha value is -1.02. The third-order valence-corrected chi connectivity index (χ3v) is 3.95. The van der Waals surface area contributed by atoms with Crippen molar-refractivity contribution in [3.8, 4) is 5.75 Å². The molecule has 0 fully saturated rings. The molecule has 0 amide bonds. The van der Waals surface area contributed by atoms with Gasteiger partial charge in [-0.15, -0.1) is 0 Å². The van der Waals surface area contributed by atoms with Gasteiger partial charge in [0, 0.05) is 11.0 Å². The second-order valence-corrected chi connectivity index (χ2v) is 6.22. The third-order valence-electron chi connectivity index (χ3n) is 3.95. The van der Waals surface area contributed by atoms with E-state index in [9.17, 15) is 0 Å². The monoisotopic (exact) mass is 247 g/mol. The zero-order valence-electron chi connectivity index (χ0n) is 11.8. The molecule has 0 bridgehead atoms. The van der Waals surface area contributed by atoms with Crippen molar-refractivity contribution in [3.63, 3.8) is 0 Å². The molecule has 2 rings (SSSR count). The summed E-state index contributed by atoms with van der Waals surface area (Å²) >= 11 is 0. The minimum absolute atomic E-state index is 0.161. The van der Waals surface area contributed by atoms with Crippen LogP contribution in [0.2, 0.25) is 0 Å². The van der Waals surface area contributed by atoms with Crippen molar-refractivity contribution in [2.24, 2.45) is 11.7 Å². The summed E-state index contributed by atoms with van der Waals surface area (Å²) in [5.41, 5.74) is 8.55. The van der Waals surface area contributed by atoms with E-state index in [-0.39, 0.29) is 5.41 Å². The summed E-state index contributed by atoms with van der Waals surface area (Å²) in [6, 6.07) is 6.67. The summed E-state index contributed by atoms with van der Waals surface area (Å²) < 4.78 is 5.72. The fraction of sp³-hybridized carbons (Fsp3) is 0.625. The molecule has 1 aliphatic rings. The lowest BCUT2D eigenvalue weighted by Gasteiger charge is -2.16. The molecule has 1 unspecified atom stereocenters. The van der Waals surface area contributed by atoms with Gasteiger partial charge in [0.1, 0.15) is 5.75 Å². The molecule has 0 spiro atoms. The number of hydrogen-bond donors (Lipinski definition) is 1. The molecular weight excluding hydrogens is 222 g/mol. The number of fused-ring (bicyclic) bond motifs is 1. The van der Waals surface area contributed by atoms with E-state index < -0.39 is 0 Å². The topological polar surface area (TPSA) is 35.2 Å². The molecule has 0 saturated carbocycles. The van der Waals surface area contributed by atoms with Crippen LogP contribution in [0.3, 0.4) is 0 Å². The molecule has 2 N–H and O–H groups in total. The zero-order valence-corrected chi connectivity index (χ0v) is 11.8. The summed E-state index contributed by atoms with van der Waals surface area (Å²) in [7, 11) is 0. The van der Waals surface area contributed by atoms with Crippen LogP contribution in [0.1, 0.15) is 44.7 Å². The van der Waals surface area contributed by atoms with Gasteiger partial charge >= 0.3 is 0 Å². The van der Waals surface area contributed by atoms with E-state index in [1.807, 2.05) is 0 Å². The van der Waals surface area contributed by atoms with E-state index in [0.717, 1.165) is 31.7 Å². The Kier molecular flexibility index (Phi) is 3.96. The molecule has 1 aromatic rings. The number of ether oxygens (including phenoxy) is 1. The minimum atomic E-state index is 0.161. The molecular formula is C16H25NO. The van der Waals surface area contributed by atoms with Crippen molar-refractivity contribution in [2.45, 2.75) is 45.4 Å². The van der Waals surface area contributed by atoms with E-state index >= 15 is 0 Å². The fourth-order valence-electron chi connectivity index (χ4n) is 2.57. The number of nitrogens with two attached hydrogens (primary N) is 1. The molecule has 1 aliphatic heterocycles. The van der Waals surface area contributed by atoms with Crippen molar-refractivity contribution >= 4 is 0 Å². The molecule has 0 radical (unpaired) electrons. The van der Waals surface area contributed by atoms with E-state index in [0.29, 0.717) is 5.92 Å². The van der Waals surface area contributed by atoms with Gasteiger partial charge in [0.05, 0.1) is 6.61 Å². The van der Waals surface area contributed by atoms with Crippen LogP contribution in [-0.2, 0) is 11.8 Å². The van der Waals surface area contributed by atoms with Crippen LogP contribution in [0.5, 0.6) is 5.75 Å². The van der Waals surface area contributed by atoms with Crippen molar-refractivity contribution < 1.29 is 4.74 Å². The second kappa shape index (κ2) is 5.31. The fourth-order valence-corrected chi connectivity index (χ4v) is 2.57. The lowest BCUT2D eigenvalue weighted by atomic mass is 9.85. The van der Waals surface area contributed by atoms with Gasteiger partial charge in [0.2, 0.25) is 0 Å². The average Bonchev–Trinajstić information content (AvgIpc) is 2.63. The summed E-state index contributed by atoms with van der Waals surface area (Å²) in [6.45, 7) is 8.38. The lowest BCUT2D eigenvalue weighted by molar-refractivity contribution is 0.291. The van der Waals surface area contributed by atoms with Gasteiger partial charge in [-0.25, -0.2) is 0 Å². The molecule has 100 valence electrons. The normalized spacial score (nSPS) is 18.2. The van der Waals surface area contributed by atoms with Crippen molar-refractivity contribution in [2.75, 3.05) is 13.2 Å². The first kappa shape index (κ1) is 13.4. The highest BCUT2D eigenvalue weighted by Gasteiger charge is 2.31. The second-order valence-electron chi connectivity index (χ2n) is 6.22. The molecule has 0 saturated heterocycles. The predicted molar refractivity (Wildman–Crippen MR) is 76.1 cm³/mol. The van der Waals surface area contributed by atoms with E-state index in [1.165, 1.54) is 17.5 Å². The number of hydrogen-bond acceptors (Lipinski definition) is 2. The quantitative estimate of drug-likeness (QED) is 0.866. The van der Waals surface area contributed by atoms with Crippen LogP contribution in [0.15, 0.2) is 18.2 Å². The first-order chi connectivity index (χ1) is 8.53. The van der Waals surface area contributed by atoms with Crippen molar-refractivity contribution in [1.29, 1.82) is 0 Å². The summed E-state index contributed by atoms with van der Waals surface area (Å²) in [6.07, 6.45) is 3.49. The van der Waals surface area contributed by atoms with Crippen LogP contribution in [0.25, 0.3) is 0 Å². The minimum Gasteiger partial charge on any atom is -0.492 e. The van der Waals surface area contributed by atoms with Crippen LogP contribution in [0, 0.1) is 5.92 Å². The van der Waals surface area contributed by atoms with Crippen molar-refractivity contribution in [3.05, 3.63) is 29.3 Å². The smallest absolute Gasteiger partial charge is 0.123 e. The van der Waals surface area contributed by atoms with Gasteiger partial charge in [-0.3, -0.25) is 0 Å². The number of rotatable bonds is 5. The number of aryl methyl sites for hydroxylation is 1. The highest BCUT2D eigenvalue weighted by Crippen LogP contribution is 2.38. The number of benzene rings is 1. The highest BCUT2D eigenvalue weighted by atomic mass is 16.5. The molecule has 0 aromatic heterocycles. The molecule has 1 atom stereocenters. The first-order valence-electron chi connectivity index (χ1n) is 6.99. The predicted octanol–water partition coefficient (Wildman–Crippen LogP) is 3.27. The van der Waals surface area contributed by atoms with Gasteiger partial charge in [0.15, 0.2) is 0 Å². The van der Waals surface area contributed by atoms with E-state index in [1.54, 1.807) is 0 Å². The average molecular weight is 247 g/mol. The molecule has 1 heterocycles. The first-order valence-corrected chi connectivity index (χ1v) is 6.99. The molecule has 1 aromatic carbocycles. The summed E-state index contributed by atoms with van der Waals surface area (Å²) in [5.74, 6) is 1.78. The maximum absolute atomic E-state index is 5.72. The van der Waals surface area contributed by atoms with E-state index in [4.69, 9.17) is 10.5 Å². The van der Waals surface area contributed by atoms with E-state index in [2.05, 4.69) is 39.0 Å². The summed E-state index contributed by atoms with van der Waals surface area (Å²) in [5, 5.41) is 0. The van der Waals surface area contributed by atoms with Crippen LogP contribution in [0.4, 0.5) is 0 Å². The maximum Gasteiger partial charge on any atom is 0.123 e. The Morgan fingerprint density at radius 2 is 2.11 bits per heavy atom. The van der Waals surface area contributed by atoms with Gasteiger partial charge < -0.3 is 10.5 Å². The van der Waals surface area contributed by atoms with Crippen LogP contribution in [-0.4, -0.2) is 13.2 Å².